The van der Waals surface area contributed by atoms with Crippen LogP contribution in [0.25, 0.3) is 11.4 Å². The number of aliphatic hydroxyl groups is 1. The Balaban J connectivity index is 1.56. The van der Waals surface area contributed by atoms with E-state index in [-0.39, 0.29) is 40.5 Å². The molecule has 4 rings (SSSR count). The van der Waals surface area contributed by atoms with Crippen LogP contribution in [0.4, 0.5) is 35.3 Å². The van der Waals surface area contributed by atoms with Crippen LogP contribution in [0.15, 0.2) is 30.7 Å². The molecule has 0 radical (unpaired) electrons. The number of aromatic hydroxyl groups is 1. The van der Waals surface area contributed by atoms with E-state index in [1.54, 1.807) is 32.7 Å². The standard InChI is InChI=1S/C29H35F3N8O4/c1-28(2,3)44-27(43)40-12-8-18(9-13-40)5-6-19-16-34-24(15-21(19)36-22(10-14-41)29(30,31)32)37-23-7-11-33-25(38-23)20-17-35-39(4)26(20)42/h7,11,15-18,22,41-42H,8-10,12-14H2,1-4H3,(H2,33,34,36,37,38). The van der Waals surface area contributed by atoms with E-state index in [0.29, 0.717) is 31.5 Å². The van der Waals surface area contributed by atoms with Crippen LogP contribution >= 0.6 is 0 Å². The van der Waals surface area contributed by atoms with E-state index in [0.717, 1.165) is 0 Å². The third kappa shape index (κ3) is 8.50. The van der Waals surface area contributed by atoms with Crippen molar-refractivity contribution in [1.29, 1.82) is 0 Å². The van der Waals surface area contributed by atoms with E-state index < -0.39 is 36.9 Å². The maximum Gasteiger partial charge on any atom is 0.410 e. The highest BCUT2D eigenvalue weighted by atomic mass is 19.4. The zero-order chi connectivity index (χ0) is 32.1. The number of rotatable bonds is 7. The molecule has 4 heterocycles. The lowest BCUT2D eigenvalue weighted by Crippen LogP contribution is -2.41. The van der Waals surface area contributed by atoms with Crippen molar-refractivity contribution in [3.63, 3.8) is 0 Å². The van der Waals surface area contributed by atoms with Crippen LogP contribution in [0, 0.1) is 17.8 Å². The lowest BCUT2D eigenvalue weighted by Gasteiger charge is -2.31. The maximum atomic E-state index is 13.8. The Bertz CT molecular complexity index is 1520. The number of hydrogen-bond donors (Lipinski definition) is 4. The first-order valence-electron chi connectivity index (χ1n) is 14.0. The fourth-order valence-electron chi connectivity index (χ4n) is 4.37. The van der Waals surface area contributed by atoms with Gasteiger partial charge in [-0.05, 0) is 46.1 Å². The third-order valence-electron chi connectivity index (χ3n) is 6.66. The van der Waals surface area contributed by atoms with Crippen molar-refractivity contribution < 1.29 is 32.9 Å². The fourth-order valence-corrected chi connectivity index (χ4v) is 4.37. The number of pyridine rings is 1. The van der Waals surface area contributed by atoms with Gasteiger partial charge in [0, 0.05) is 51.1 Å². The number of ether oxygens (including phenoxy) is 1. The van der Waals surface area contributed by atoms with Crippen LogP contribution in [0.5, 0.6) is 5.88 Å². The van der Waals surface area contributed by atoms with Gasteiger partial charge in [0.05, 0.1) is 17.4 Å². The maximum absolute atomic E-state index is 13.8. The lowest BCUT2D eigenvalue weighted by atomic mass is 9.97. The Morgan fingerprint density at radius 1 is 1.18 bits per heavy atom. The van der Waals surface area contributed by atoms with Crippen molar-refractivity contribution in [3.05, 3.63) is 36.3 Å². The number of nitrogens with one attached hydrogen (secondary N) is 2. The zero-order valence-corrected chi connectivity index (χ0v) is 24.8. The van der Waals surface area contributed by atoms with Gasteiger partial charge in [-0.15, -0.1) is 0 Å². The molecule has 44 heavy (non-hydrogen) atoms. The Morgan fingerprint density at radius 2 is 1.91 bits per heavy atom. The van der Waals surface area contributed by atoms with Gasteiger partial charge in [0.2, 0.25) is 5.88 Å². The van der Waals surface area contributed by atoms with Crippen molar-refractivity contribution in [2.24, 2.45) is 13.0 Å². The van der Waals surface area contributed by atoms with Crippen LogP contribution in [0.2, 0.25) is 0 Å². The second-order valence-electron chi connectivity index (χ2n) is 11.3. The van der Waals surface area contributed by atoms with Crippen molar-refractivity contribution in [3.8, 4) is 29.1 Å². The van der Waals surface area contributed by atoms with Crippen molar-refractivity contribution in [1.82, 2.24) is 29.6 Å². The zero-order valence-electron chi connectivity index (χ0n) is 24.8. The number of piperidine rings is 1. The quantitative estimate of drug-likeness (QED) is 0.281. The Hall–Kier alpha value is -4.58. The van der Waals surface area contributed by atoms with Gasteiger partial charge in [-0.1, -0.05) is 11.8 Å². The number of carbonyl (C=O) groups excluding carboxylic acids is 1. The molecule has 236 valence electrons. The molecule has 1 fully saturated rings. The van der Waals surface area contributed by atoms with Gasteiger partial charge >= 0.3 is 12.3 Å². The summed E-state index contributed by atoms with van der Waals surface area (Å²) in [5, 5.41) is 28.8. The molecule has 3 aromatic heterocycles. The number of aromatic nitrogens is 5. The molecule has 15 heteroatoms. The number of nitrogens with zero attached hydrogens (tertiary/aromatic N) is 6. The van der Waals surface area contributed by atoms with Crippen LogP contribution in [0.3, 0.4) is 0 Å². The summed E-state index contributed by atoms with van der Waals surface area (Å²) in [7, 11) is 1.56. The Labute approximate surface area is 252 Å². The fraction of sp³-hybridized carbons (Fsp3) is 0.483. The monoisotopic (exact) mass is 616 g/mol. The summed E-state index contributed by atoms with van der Waals surface area (Å²) in [6, 6.07) is 0.890. The van der Waals surface area contributed by atoms with Gasteiger partial charge in [0.25, 0.3) is 0 Å². The first-order chi connectivity index (χ1) is 20.7. The molecule has 0 bridgehead atoms. The first-order valence-corrected chi connectivity index (χ1v) is 14.0. The summed E-state index contributed by atoms with van der Waals surface area (Å²) in [4.78, 5) is 26.8. The average molecular weight is 617 g/mol. The minimum atomic E-state index is -4.63. The predicted octanol–water partition coefficient (Wildman–Crippen LogP) is 4.45. The molecular weight excluding hydrogens is 581 g/mol. The van der Waals surface area contributed by atoms with Gasteiger partial charge < -0.3 is 30.5 Å². The molecule has 0 aromatic carbocycles. The van der Waals surface area contributed by atoms with Gasteiger partial charge in [-0.2, -0.15) is 18.3 Å². The second-order valence-corrected chi connectivity index (χ2v) is 11.3. The summed E-state index contributed by atoms with van der Waals surface area (Å²) >= 11 is 0. The number of hydrogen-bond acceptors (Lipinski definition) is 10. The largest absolute Gasteiger partial charge is 0.493 e. The van der Waals surface area contributed by atoms with Crippen molar-refractivity contribution in [2.45, 2.75) is 57.9 Å². The number of anilines is 3. The van der Waals surface area contributed by atoms with Gasteiger partial charge in [0.1, 0.15) is 28.8 Å². The highest BCUT2D eigenvalue weighted by molar-refractivity contribution is 5.69. The van der Waals surface area contributed by atoms with Crippen LogP contribution in [-0.4, -0.2) is 83.5 Å². The third-order valence-corrected chi connectivity index (χ3v) is 6.66. The molecule has 1 atom stereocenters. The molecule has 1 amide bonds. The summed E-state index contributed by atoms with van der Waals surface area (Å²) in [6.07, 6.45) is -0.207. The molecule has 0 spiro atoms. The van der Waals surface area contributed by atoms with Crippen LogP contribution in [-0.2, 0) is 11.8 Å². The van der Waals surface area contributed by atoms with Gasteiger partial charge in [-0.25, -0.2) is 24.4 Å². The van der Waals surface area contributed by atoms with Gasteiger partial charge in [-0.3, -0.25) is 0 Å². The summed E-state index contributed by atoms with van der Waals surface area (Å²) in [5.41, 5.74) is -0.00348. The van der Waals surface area contributed by atoms with E-state index in [9.17, 15) is 28.2 Å². The smallest absolute Gasteiger partial charge is 0.410 e. The van der Waals surface area contributed by atoms with Crippen molar-refractivity contribution in [2.75, 3.05) is 30.3 Å². The van der Waals surface area contributed by atoms with E-state index >= 15 is 0 Å². The molecule has 1 aliphatic rings. The Morgan fingerprint density at radius 3 is 2.52 bits per heavy atom. The predicted molar refractivity (Wildman–Crippen MR) is 156 cm³/mol. The van der Waals surface area contributed by atoms with Crippen LogP contribution < -0.4 is 10.6 Å². The number of aliphatic hydroxyl groups excluding tert-OH is 1. The summed E-state index contributed by atoms with van der Waals surface area (Å²) in [5.74, 6) is 6.50. The number of carbonyl (C=O) groups is 1. The minimum absolute atomic E-state index is 0.0659. The van der Waals surface area contributed by atoms with Crippen LogP contribution in [0.1, 0.15) is 45.6 Å². The van der Waals surface area contributed by atoms with Crippen molar-refractivity contribution >= 4 is 23.4 Å². The van der Waals surface area contributed by atoms with E-state index in [1.807, 2.05) is 0 Å². The molecular formula is C29H35F3N8O4. The first kappa shape index (κ1) is 32.3. The highest BCUT2D eigenvalue weighted by Crippen LogP contribution is 2.30. The Kier molecular flexibility index (Phi) is 9.83. The highest BCUT2D eigenvalue weighted by Gasteiger charge is 2.39. The van der Waals surface area contributed by atoms with E-state index in [1.165, 1.54) is 35.4 Å². The molecule has 0 saturated carbocycles. The molecule has 1 aliphatic heterocycles. The molecule has 1 saturated heterocycles. The van der Waals surface area contributed by atoms with E-state index in [2.05, 4.69) is 42.5 Å². The molecule has 1 unspecified atom stereocenters. The summed E-state index contributed by atoms with van der Waals surface area (Å²) < 4.78 is 48.0. The second kappa shape index (κ2) is 13.4. The summed E-state index contributed by atoms with van der Waals surface area (Å²) in [6.45, 7) is 5.62. The molecule has 12 nitrogen and oxygen atoms in total. The molecule has 3 aromatic rings. The molecule has 0 aliphatic carbocycles. The number of halogens is 3. The number of aryl methyl sites for hydroxylation is 1. The number of alkyl halides is 3. The average Bonchev–Trinajstić information content (AvgIpc) is 3.29. The normalized spacial score (nSPS) is 14.9. The number of likely N-dealkylation sites (tertiary alicyclic amines) is 1. The van der Waals surface area contributed by atoms with E-state index in [4.69, 9.17) is 4.74 Å². The number of amides is 1. The lowest BCUT2D eigenvalue weighted by molar-refractivity contribution is -0.145. The minimum Gasteiger partial charge on any atom is -0.493 e. The van der Waals surface area contributed by atoms with Gasteiger partial charge in [0.15, 0.2) is 5.82 Å². The topological polar surface area (TPSA) is 151 Å². The molecule has 4 N–H and O–H groups in total. The SMILES string of the molecule is Cn1ncc(-c2nccc(Nc3cc(NC(CCO)C(F)(F)F)c(C#CC4CCN(C(=O)OC(C)(C)C)CC4)cn3)n2)c1O.